The molecule has 3 rings (SSSR count). The Morgan fingerprint density at radius 1 is 0.667 bits per heavy atom. The smallest absolute Gasteiger partial charge is 0.0128 e. The molecule has 3 aromatic rings. The highest BCUT2D eigenvalue weighted by atomic mass is 32.2. The molecule has 0 saturated carbocycles. The fraction of sp³-hybridized carbons (Fsp3) is 0.0588. The number of hydrogen-bond acceptors (Lipinski definition) is 1. The largest absolute Gasteiger partial charge is 0.0901 e. The Bertz CT molecular complexity index is 686. The van der Waals surface area contributed by atoms with Crippen molar-refractivity contribution in [2.75, 3.05) is 0 Å². The van der Waals surface area contributed by atoms with Gasteiger partial charge in [-0.15, -0.1) is 0 Å². The van der Waals surface area contributed by atoms with Crippen molar-refractivity contribution in [1.82, 2.24) is 0 Å². The molecule has 0 radical (unpaired) electrons. The minimum Gasteiger partial charge on any atom is -0.0901 e. The fourth-order valence-corrected chi connectivity index (χ4v) is 3.03. The van der Waals surface area contributed by atoms with Crippen molar-refractivity contribution >= 4 is 22.5 Å². The van der Waals surface area contributed by atoms with Gasteiger partial charge in [-0.25, -0.2) is 0 Å². The van der Waals surface area contributed by atoms with Gasteiger partial charge in [0.15, 0.2) is 0 Å². The van der Waals surface area contributed by atoms with Crippen LogP contribution in [0.5, 0.6) is 0 Å². The number of hydrogen-bond donors (Lipinski definition) is 0. The molecule has 0 atom stereocenters. The van der Waals surface area contributed by atoms with Crippen LogP contribution in [-0.2, 0) is 0 Å². The minimum absolute atomic E-state index is 1.29. The topological polar surface area (TPSA) is 0 Å². The average Bonchev–Trinajstić information content (AvgIpc) is 2.39. The summed E-state index contributed by atoms with van der Waals surface area (Å²) in [7, 11) is 0. The lowest BCUT2D eigenvalue weighted by Gasteiger charge is -2.04. The SMILES string of the molecule is Cc1cccc(Sc2ccc3ccccc3c2)c1. The summed E-state index contributed by atoms with van der Waals surface area (Å²) in [5.41, 5.74) is 1.31. The van der Waals surface area contributed by atoms with E-state index in [1.165, 1.54) is 26.1 Å². The lowest BCUT2D eigenvalue weighted by Crippen LogP contribution is -1.77. The van der Waals surface area contributed by atoms with Crippen LogP contribution in [0.25, 0.3) is 10.8 Å². The van der Waals surface area contributed by atoms with Crippen LogP contribution >= 0.6 is 11.8 Å². The maximum Gasteiger partial charge on any atom is 0.0128 e. The first-order valence-electron chi connectivity index (χ1n) is 6.04. The molecule has 0 aliphatic rings. The predicted octanol–water partition coefficient (Wildman–Crippen LogP) is 5.30. The highest BCUT2D eigenvalue weighted by molar-refractivity contribution is 7.99. The van der Waals surface area contributed by atoms with Crippen molar-refractivity contribution in [3.8, 4) is 0 Å². The average molecular weight is 250 g/mol. The lowest BCUT2D eigenvalue weighted by molar-refractivity contribution is 1.35. The quantitative estimate of drug-likeness (QED) is 0.594. The van der Waals surface area contributed by atoms with E-state index < -0.39 is 0 Å². The monoisotopic (exact) mass is 250 g/mol. The summed E-state index contributed by atoms with van der Waals surface area (Å²) in [5, 5.41) is 2.60. The summed E-state index contributed by atoms with van der Waals surface area (Å²) in [6.45, 7) is 2.13. The van der Waals surface area contributed by atoms with Crippen molar-refractivity contribution in [3.63, 3.8) is 0 Å². The van der Waals surface area contributed by atoms with E-state index in [0.717, 1.165) is 0 Å². The van der Waals surface area contributed by atoms with Crippen molar-refractivity contribution in [2.24, 2.45) is 0 Å². The van der Waals surface area contributed by atoms with E-state index >= 15 is 0 Å². The summed E-state index contributed by atoms with van der Waals surface area (Å²) in [6.07, 6.45) is 0. The van der Waals surface area contributed by atoms with Crippen LogP contribution in [0.3, 0.4) is 0 Å². The first kappa shape index (κ1) is 11.4. The molecular weight excluding hydrogens is 236 g/mol. The zero-order chi connectivity index (χ0) is 12.4. The molecule has 0 aliphatic carbocycles. The molecule has 0 unspecified atom stereocenters. The molecule has 0 saturated heterocycles. The molecule has 3 aromatic carbocycles. The molecule has 0 bridgehead atoms. The summed E-state index contributed by atoms with van der Waals surface area (Å²) >= 11 is 1.82. The molecule has 0 aliphatic heterocycles. The lowest BCUT2D eigenvalue weighted by atomic mass is 10.1. The molecule has 1 heteroatoms. The van der Waals surface area contributed by atoms with Crippen LogP contribution in [0.15, 0.2) is 76.5 Å². The van der Waals surface area contributed by atoms with Gasteiger partial charge in [0.25, 0.3) is 0 Å². The van der Waals surface area contributed by atoms with Crippen LogP contribution in [0.4, 0.5) is 0 Å². The Morgan fingerprint density at radius 2 is 1.44 bits per heavy atom. The molecule has 0 heterocycles. The van der Waals surface area contributed by atoms with E-state index in [1.807, 2.05) is 11.8 Å². The third-order valence-corrected chi connectivity index (χ3v) is 3.93. The second kappa shape index (κ2) is 4.87. The normalized spacial score (nSPS) is 10.7. The standard InChI is InChI=1S/C17H14S/c1-13-5-4-8-16(11-13)18-17-10-9-14-6-2-3-7-15(14)12-17/h2-12H,1H3. The van der Waals surface area contributed by atoms with Crippen molar-refractivity contribution in [3.05, 3.63) is 72.3 Å². The number of aryl methyl sites for hydroxylation is 1. The van der Waals surface area contributed by atoms with Crippen molar-refractivity contribution in [2.45, 2.75) is 16.7 Å². The number of rotatable bonds is 2. The number of benzene rings is 3. The van der Waals surface area contributed by atoms with Crippen LogP contribution in [0.2, 0.25) is 0 Å². The van der Waals surface area contributed by atoms with Gasteiger partial charge >= 0.3 is 0 Å². The first-order chi connectivity index (χ1) is 8.81. The van der Waals surface area contributed by atoms with E-state index in [1.54, 1.807) is 0 Å². The molecule has 0 aromatic heterocycles. The van der Waals surface area contributed by atoms with Crippen molar-refractivity contribution < 1.29 is 0 Å². The molecule has 0 amide bonds. The first-order valence-corrected chi connectivity index (χ1v) is 6.86. The molecule has 0 fully saturated rings. The Kier molecular flexibility index (Phi) is 3.07. The van der Waals surface area contributed by atoms with Gasteiger partial charge in [-0.05, 0) is 42.0 Å². The second-order valence-electron chi connectivity index (χ2n) is 4.43. The maximum atomic E-state index is 2.25. The van der Waals surface area contributed by atoms with Crippen LogP contribution in [0.1, 0.15) is 5.56 Å². The predicted molar refractivity (Wildman–Crippen MR) is 79.3 cm³/mol. The van der Waals surface area contributed by atoms with Gasteiger partial charge < -0.3 is 0 Å². The van der Waals surface area contributed by atoms with Gasteiger partial charge in [0.05, 0.1) is 0 Å². The highest BCUT2D eigenvalue weighted by Crippen LogP contribution is 2.30. The maximum absolute atomic E-state index is 2.25. The molecule has 88 valence electrons. The van der Waals surface area contributed by atoms with E-state index in [4.69, 9.17) is 0 Å². The highest BCUT2D eigenvalue weighted by Gasteiger charge is 1.99. The Balaban J connectivity index is 1.95. The third-order valence-electron chi connectivity index (χ3n) is 2.95. The van der Waals surface area contributed by atoms with Crippen LogP contribution in [0, 0.1) is 6.92 Å². The summed E-state index contributed by atoms with van der Waals surface area (Å²) in [6, 6.07) is 23.7. The van der Waals surface area contributed by atoms with E-state index in [2.05, 4.69) is 73.7 Å². The molecule has 0 spiro atoms. The van der Waals surface area contributed by atoms with Gasteiger partial charge in [0.1, 0.15) is 0 Å². The Hall–Kier alpha value is -1.73. The van der Waals surface area contributed by atoms with E-state index in [0.29, 0.717) is 0 Å². The Morgan fingerprint density at radius 3 is 2.28 bits per heavy atom. The van der Waals surface area contributed by atoms with Crippen molar-refractivity contribution in [1.29, 1.82) is 0 Å². The fourth-order valence-electron chi connectivity index (χ4n) is 2.05. The minimum atomic E-state index is 1.29. The van der Waals surface area contributed by atoms with Crippen LogP contribution < -0.4 is 0 Å². The van der Waals surface area contributed by atoms with E-state index in [9.17, 15) is 0 Å². The zero-order valence-corrected chi connectivity index (χ0v) is 11.1. The van der Waals surface area contributed by atoms with Gasteiger partial charge in [-0.2, -0.15) is 0 Å². The van der Waals surface area contributed by atoms with E-state index in [-0.39, 0.29) is 0 Å². The molecular formula is C17H14S. The number of fused-ring (bicyclic) bond motifs is 1. The molecule has 18 heavy (non-hydrogen) atoms. The van der Waals surface area contributed by atoms with Gasteiger partial charge in [-0.1, -0.05) is 59.8 Å². The molecule has 0 N–H and O–H groups in total. The summed E-state index contributed by atoms with van der Waals surface area (Å²) < 4.78 is 0. The van der Waals surface area contributed by atoms with Crippen LogP contribution in [-0.4, -0.2) is 0 Å². The Labute approximate surface area is 112 Å². The second-order valence-corrected chi connectivity index (χ2v) is 5.57. The van der Waals surface area contributed by atoms with Gasteiger partial charge in [0.2, 0.25) is 0 Å². The van der Waals surface area contributed by atoms with Gasteiger partial charge in [0, 0.05) is 9.79 Å². The summed E-state index contributed by atoms with van der Waals surface area (Å²) in [4.78, 5) is 2.59. The summed E-state index contributed by atoms with van der Waals surface area (Å²) in [5.74, 6) is 0. The zero-order valence-electron chi connectivity index (χ0n) is 10.3. The van der Waals surface area contributed by atoms with Gasteiger partial charge in [-0.3, -0.25) is 0 Å². The molecule has 0 nitrogen and oxygen atoms in total. The third kappa shape index (κ3) is 2.41.